The molecule has 0 radical (unpaired) electrons. The summed E-state index contributed by atoms with van der Waals surface area (Å²) in [5, 5.41) is 0. The maximum absolute atomic E-state index is 12.7. The highest BCUT2D eigenvalue weighted by atomic mass is 16.5. The minimum atomic E-state index is -0.154. The molecule has 2 aliphatic heterocycles. The van der Waals surface area contributed by atoms with Gasteiger partial charge in [0.05, 0.1) is 11.9 Å². The van der Waals surface area contributed by atoms with Crippen LogP contribution in [0.3, 0.4) is 0 Å². The normalized spacial score (nSPS) is 26.1. The third-order valence-corrected chi connectivity index (χ3v) is 5.00. The first-order chi connectivity index (χ1) is 10.5. The number of carbonyl (C=O) groups is 1. The van der Waals surface area contributed by atoms with Crippen LogP contribution in [0.4, 0.5) is 0 Å². The zero-order valence-electron chi connectivity index (χ0n) is 13.7. The van der Waals surface area contributed by atoms with E-state index < -0.39 is 0 Å². The van der Waals surface area contributed by atoms with Crippen molar-refractivity contribution in [2.45, 2.75) is 51.7 Å². The van der Waals surface area contributed by atoms with Gasteiger partial charge in [-0.05, 0) is 45.4 Å². The summed E-state index contributed by atoms with van der Waals surface area (Å²) in [6.45, 7) is 7.70. The lowest BCUT2D eigenvalue weighted by molar-refractivity contribution is -0.146. The third-order valence-electron chi connectivity index (χ3n) is 5.00. The Balaban J connectivity index is 1.49. The zero-order valence-corrected chi connectivity index (χ0v) is 13.7. The summed E-state index contributed by atoms with van der Waals surface area (Å²) >= 11 is 0. The first kappa shape index (κ1) is 15.5. The van der Waals surface area contributed by atoms with Gasteiger partial charge in [-0.3, -0.25) is 4.79 Å². The van der Waals surface area contributed by atoms with Crippen molar-refractivity contribution in [3.05, 3.63) is 18.7 Å². The van der Waals surface area contributed by atoms with Crippen molar-refractivity contribution in [1.29, 1.82) is 0 Å². The van der Waals surface area contributed by atoms with Crippen molar-refractivity contribution in [1.82, 2.24) is 14.5 Å². The molecular formula is C17H27N3O2. The fourth-order valence-electron chi connectivity index (χ4n) is 3.73. The summed E-state index contributed by atoms with van der Waals surface area (Å²) in [5.41, 5.74) is -0.154. The van der Waals surface area contributed by atoms with Crippen LogP contribution in [0.25, 0.3) is 0 Å². The highest BCUT2D eigenvalue weighted by Crippen LogP contribution is 2.31. The molecule has 1 atom stereocenters. The third kappa shape index (κ3) is 3.69. The maximum atomic E-state index is 12.7. The molecule has 2 saturated heterocycles. The summed E-state index contributed by atoms with van der Waals surface area (Å²) in [5.74, 6) is 1.15. The van der Waals surface area contributed by atoms with Crippen molar-refractivity contribution in [3.63, 3.8) is 0 Å². The Morgan fingerprint density at radius 3 is 2.73 bits per heavy atom. The molecule has 0 aromatic carbocycles. The molecule has 5 nitrogen and oxygen atoms in total. The summed E-state index contributed by atoms with van der Waals surface area (Å²) < 4.78 is 7.87. The molecule has 1 amide bonds. The van der Waals surface area contributed by atoms with Gasteiger partial charge in [-0.1, -0.05) is 0 Å². The van der Waals surface area contributed by atoms with Gasteiger partial charge >= 0.3 is 0 Å². The van der Waals surface area contributed by atoms with Crippen LogP contribution >= 0.6 is 0 Å². The number of nitrogens with zero attached hydrogens (tertiary/aromatic N) is 3. The Bertz CT molecular complexity index is 490. The van der Waals surface area contributed by atoms with E-state index in [1.54, 1.807) is 0 Å². The Hall–Kier alpha value is -1.36. The second-order valence-corrected chi connectivity index (χ2v) is 7.33. The molecule has 0 N–H and O–H groups in total. The Morgan fingerprint density at radius 1 is 1.32 bits per heavy atom. The number of amides is 1. The molecule has 3 heterocycles. The Labute approximate surface area is 132 Å². The molecule has 1 aromatic rings. The van der Waals surface area contributed by atoms with Gasteiger partial charge < -0.3 is 14.2 Å². The van der Waals surface area contributed by atoms with E-state index in [4.69, 9.17) is 4.74 Å². The van der Waals surface area contributed by atoms with E-state index >= 15 is 0 Å². The number of aromatic nitrogens is 2. The number of likely N-dealkylation sites (tertiary alicyclic amines) is 1. The topological polar surface area (TPSA) is 47.4 Å². The highest BCUT2D eigenvalue weighted by molar-refractivity contribution is 5.79. The Kier molecular flexibility index (Phi) is 4.52. The predicted molar refractivity (Wildman–Crippen MR) is 84.3 cm³/mol. The molecule has 122 valence electrons. The lowest BCUT2D eigenvalue weighted by Crippen LogP contribution is -2.46. The smallest absolute Gasteiger partial charge is 0.225 e. The molecule has 2 fully saturated rings. The molecule has 22 heavy (non-hydrogen) atoms. The standard InChI is InChI=1S/C17H27N3O2/c1-17(2)11-15(5-10-22-17)16(21)20-7-3-14(4-8-20)12-19-9-6-18-13-19/h6,9,13-15H,3-5,7-8,10-12H2,1-2H3/t15-/m1/s1. The minimum Gasteiger partial charge on any atom is -0.376 e. The SMILES string of the molecule is CC1(C)C[C@H](C(=O)N2CCC(Cn3ccnc3)CC2)CCO1. The van der Waals surface area contributed by atoms with E-state index in [1.165, 1.54) is 0 Å². The molecule has 0 aliphatic carbocycles. The molecule has 5 heteroatoms. The summed E-state index contributed by atoms with van der Waals surface area (Å²) in [7, 11) is 0. The first-order valence-electron chi connectivity index (χ1n) is 8.42. The van der Waals surface area contributed by atoms with Gasteiger partial charge in [0.15, 0.2) is 0 Å². The van der Waals surface area contributed by atoms with Crippen LogP contribution in [0, 0.1) is 11.8 Å². The molecule has 2 aliphatic rings. The largest absolute Gasteiger partial charge is 0.376 e. The lowest BCUT2D eigenvalue weighted by Gasteiger charge is -2.39. The number of hydrogen-bond donors (Lipinski definition) is 0. The monoisotopic (exact) mass is 305 g/mol. The van der Waals surface area contributed by atoms with E-state index in [2.05, 4.69) is 28.3 Å². The maximum Gasteiger partial charge on any atom is 0.225 e. The summed E-state index contributed by atoms with van der Waals surface area (Å²) in [6.07, 6.45) is 9.62. The minimum absolute atomic E-state index is 0.147. The van der Waals surface area contributed by atoms with Crippen LogP contribution in [0.2, 0.25) is 0 Å². The van der Waals surface area contributed by atoms with Crippen molar-refractivity contribution in [2.24, 2.45) is 11.8 Å². The molecule has 0 bridgehead atoms. The molecule has 0 saturated carbocycles. The van der Waals surface area contributed by atoms with E-state index in [1.807, 2.05) is 18.7 Å². The highest BCUT2D eigenvalue weighted by Gasteiger charge is 2.35. The number of carbonyl (C=O) groups excluding carboxylic acids is 1. The van der Waals surface area contributed by atoms with Crippen LogP contribution in [-0.2, 0) is 16.1 Å². The number of ether oxygens (including phenoxy) is 1. The summed E-state index contributed by atoms with van der Waals surface area (Å²) in [4.78, 5) is 18.9. The quantitative estimate of drug-likeness (QED) is 0.861. The number of piperidine rings is 1. The molecular weight excluding hydrogens is 278 g/mol. The van der Waals surface area contributed by atoms with Crippen LogP contribution in [0.15, 0.2) is 18.7 Å². The van der Waals surface area contributed by atoms with Gasteiger partial charge in [-0.15, -0.1) is 0 Å². The van der Waals surface area contributed by atoms with Gasteiger partial charge in [0.2, 0.25) is 5.91 Å². The predicted octanol–water partition coefficient (Wildman–Crippen LogP) is 2.33. The van der Waals surface area contributed by atoms with E-state index in [-0.39, 0.29) is 11.5 Å². The average Bonchev–Trinajstić information content (AvgIpc) is 2.99. The first-order valence-corrected chi connectivity index (χ1v) is 8.42. The zero-order chi connectivity index (χ0) is 15.6. The number of imidazole rings is 1. The van der Waals surface area contributed by atoms with Crippen LogP contribution in [0.5, 0.6) is 0 Å². The van der Waals surface area contributed by atoms with Crippen LogP contribution in [-0.4, -0.2) is 45.7 Å². The van der Waals surface area contributed by atoms with E-state index in [0.717, 1.165) is 45.3 Å². The molecule has 0 spiro atoms. The van der Waals surface area contributed by atoms with Crippen LogP contribution in [0.1, 0.15) is 39.5 Å². The van der Waals surface area contributed by atoms with Gasteiger partial charge in [-0.25, -0.2) is 4.98 Å². The number of hydrogen-bond acceptors (Lipinski definition) is 3. The molecule has 0 unspecified atom stereocenters. The fraction of sp³-hybridized carbons (Fsp3) is 0.765. The van der Waals surface area contributed by atoms with Gasteiger partial charge in [0.25, 0.3) is 0 Å². The average molecular weight is 305 g/mol. The molecule has 3 rings (SSSR count). The summed E-state index contributed by atoms with van der Waals surface area (Å²) in [6, 6.07) is 0. The van der Waals surface area contributed by atoms with E-state index in [9.17, 15) is 4.79 Å². The lowest BCUT2D eigenvalue weighted by atomic mass is 9.86. The molecule has 1 aromatic heterocycles. The van der Waals surface area contributed by atoms with Gasteiger partial charge in [-0.2, -0.15) is 0 Å². The fourth-order valence-corrected chi connectivity index (χ4v) is 3.73. The van der Waals surface area contributed by atoms with Crippen molar-refractivity contribution >= 4 is 5.91 Å². The van der Waals surface area contributed by atoms with Crippen LogP contribution < -0.4 is 0 Å². The van der Waals surface area contributed by atoms with E-state index in [0.29, 0.717) is 18.4 Å². The Morgan fingerprint density at radius 2 is 2.09 bits per heavy atom. The van der Waals surface area contributed by atoms with Gasteiger partial charge in [0.1, 0.15) is 0 Å². The van der Waals surface area contributed by atoms with Gasteiger partial charge in [0, 0.05) is 44.6 Å². The second-order valence-electron chi connectivity index (χ2n) is 7.33. The van der Waals surface area contributed by atoms with Crippen molar-refractivity contribution < 1.29 is 9.53 Å². The number of rotatable bonds is 3. The second kappa shape index (κ2) is 6.41. The van der Waals surface area contributed by atoms with Crippen molar-refractivity contribution in [3.8, 4) is 0 Å². The van der Waals surface area contributed by atoms with Crippen molar-refractivity contribution in [2.75, 3.05) is 19.7 Å².